The first-order valence-corrected chi connectivity index (χ1v) is 6.26. The zero-order chi connectivity index (χ0) is 11.4. The normalized spacial score (nSPS) is 17.6. The summed E-state index contributed by atoms with van der Waals surface area (Å²) >= 11 is 0. The number of hydrogen-bond donors (Lipinski definition) is 1. The highest BCUT2D eigenvalue weighted by Gasteiger charge is 2.30. The van der Waals surface area contributed by atoms with E-state index in [9.17, 15) is 0 Å². The van der Waals surface area contributed by atoms with Crippen molar-refractivity contribution >= 4 is 0 Å². The fourth-order valence-corrected chi connectivity index (χ4v) is 2.04. The van der Waals surface area contributed by atoms with Gasteiger partial charge in [-0.3, -0.25) is 0 Å². The first kappa shape index (κ1) is 11.5. The molecule has 0 amide bonds. The van der Waals surface area contributed by atoms with Crippen molar-refractivity contribution in [2.24, 2.45) is 13.0 Å². The molecule has 2 rings (SSSR count). The van der Waals surface area contributed by atoms with Gasteiger partial charge in [-0.15, -0.1) is 10.2 Å². The molecule has 5 nitrogen and oxygen atoms in total. The van der Waals surface area contributed by atoms with Gasteiger partial charge in [0.15, 0.2) is 5.82 Å². The van der Waals surface area contributed by atoms with Crippen LogP contribution in [0, 0.1) is 5.92 Å². The molecule has 5 heteroatoms. The Kier molecular flexibility index (Phi) is 3.88. The van der Waals surface area contributed by atoms with Crippen LogP contribution >= 0.6 is 0 Å². The third kappa shape index (κ3) is 3.27. The van der Waals surface area contributed by atoms with Gasteiger partial charge in [0.2, 0.25) is 0 Å². The van der Waals surface area contributed by atoms with Crippen LogP contribution in [0.2, 0.25) is 0 Å². The van der Waals surface area contributed by atoms with Gasteiger partial charge >= 0.3 is 0 Å². The van der Waals surface area contributed by atoms with Crippen molar-refractivity contribution in [1.82, 2.24) is 25.5 Å². The van der Waals surface area contributed by atoms with Crippen molar-refractivity contribution in [2.45, 2.75) is 45.1 Å². The topological polar surface area (TPSA) is 55.6 Å². The molecule has 90 valence electrons. The van der Waals surface area contributed by atoms with Gasteiger partial charge in [0.05, 0.1) is 7.05 Å². The number of nitrogens with one attached hydrogen (secondary N) is 1. The van der Waals surface area contributed by atoms with Crippen molar-refractivity contribution < 1.29 is 0 Å². The summed E-state index contributed by atoms with van der Waals surface area (Å²) in [6.45, 7) is 3.33. The quantitative estimate of drug-likeness (QED) is 0.747. The molecule has 0 aliphatic heterocycles. The molecule has 1 aromatic rings. The van der Waals surface area contributed by atoms with Crippen LogP contribution in [0.15, 0.2) is 0 Å². The van der Waals surface area contributed by atoms with E-state index >= 15 is 0 Å². The van der Waals surface area contributed by atoms with E-state index in [0.717, 1.165) is 31.1 Å². The van der Waals surface area contributed by atoms with Crippen LogP contribution < -0.4 is 5.32 Å². The molecule has 1 aliphatic rings. The minimum absolute atomic E-state index is 0.656. The highest BCUT2D eigenvalue weighted by Crippen LogP contribution is 2.34. The van der Waals surface area contributed by atoms with E-state index in [1.165, 1.54) is 24.1 Å². The van der Waals surface area contributed by atoms with E-state index in [4.69, 9.17) is 0 Å². The van der Waals surface area contributed by atoms with E-state index in [0.29, 0.717) is 6.04 Å². The molecular formula is C11H21N5. The van der Waals surface area contributed by atoms with Gasteiger partial charge in [-0.25, -0.2) is 0 Å². The fourth-order valence-electron chi connectivity index (χ4n) is 2.04. The van der Waals surface area contributed by atoms with Crippen LogP contribution in [-0.2, 0) is 13.5 Å². The van der Waals surface area contributed by atoms with E-state index in [1.807, 2.05) is 7.05 Å². The van der Waals surface area contributed by atoms with E-state index < -0.39 is 0 Å². The average Bonchev–Trinajstić information content (AvgIpc) is 3.03. The third-order valence-electron chi connectivity index (χ3n) is 3.08. The van der Waals surface area contributed by atoms with Gasteiger partial charge in [0.25, 0.3) is 0 Å². The van der Waals surface area contributed by atoms with Crippen LogP contribution in [0.1, 0.15) is 38.4 Å². The molecule has 1 aliphatic carbocycles. The highest BCUT2D eigenvalue weighted by molar-refractivity contribution is 4.89. The Morgan fingerprint density at radius 3 is 2.88 bits per heavy atom. The highest BCUT2D eigenvalue weighted by atomic mass is 15.6. The second-order valence-electron chi connectivity index (χ2n) is 4.63. The zero-order valence-electron chi connectivity index (χ0n) is 10.2. The molecule has 0 bridgehead atoms. The fraction of sp³-hybridized carbons (Fsp3) is 0.909. The first-order valence-electron chi connectivity index (χ1n) is 6.26. The summed E-state index contributed by atoms with van der Waals surface area (Å²) in [5.41, 5.74) is 0. The van der Waals surface area contributed by atoms with Crippen molar-refractivity contribution in [3.8, 4) is 0 Å². The van der Waals surface area contributed by atoms with E-state index in [-0.39, 0.29) is 0 Å². The van der Waals surface area contributed by atoms with Gasteiger partial charge in [-0.2, -0.15) is 4.80 Å². The summed E-state index contributed by atoms with van der Waals surface area (Å²) in [7, 11) is 1.81. The van der Waals surface area contributed by atoms with E-state index in [1.54, 1.807) is 0 Å². The predicted molar refractivity (Wildman–Crippen MR) is 61.9 cm³/mol. The third-order valence-corrected chi connectivity index (χ3v) is 3.08. The van der Waals surface area contributed by atoms with Gasteiger partial charge < -0.3 is 5.32 Å². The Balaban J connectivity index is 1.77. The standard InChI is InChI=1S/C11H21N5/c1-3-8-12-10(9-4-5-9)6-7-11-13-15-16(2)14-11/h9-10,12H,3-8H2,1-2H3. The summed E-state index contributed by atoms with van der Waals surface area (Å²) in [6, 6.07) is 0.656. The lowest BCUT2D eigenvalue weighted by Gasteiger charge is -2.16. The largest absolute Gasteiger partial charge is 0.314 e. The maximum absolute atomic E-state index is 4.21. The van der Waals surface area contributed by atoms with Crippen molar-refractivity contribution in [2.75, 3.05) is 6.54 Å². The van der Waals surface area contributed by atoms with Crippen LogP contribution in [-0.4, -0.2) is 32.8 Å². The molecule has 0 aromatic carbocycles. The van der Waals surface area contributed by atoms with Crippen LogP contribution in [0.5, 0.6) is 0 Å². The molecule has 0 radical (unpaired) electrons. The van der Waals surface area contributed by atoms with Gasteiger partial charge in [-0.1, -0.05) is 6.92 Å². The molecule has 1 fully saturated rings. The lowest BCUT2D eigenvalue weighted by Crippen LogP contribution is -2.32. The number of rotatable bonds is 7. The van der Waals surface area contributed by atoms with Gasteiger partial charge in [0.1, 0.15) is 0 Å². The number of tetrazole rings is 1. The minimum Gasteiger partial charge on any atom is -0.314 e. The maximum atomic E-state index is 4.21. The SMILES string of the molecule is CCCNC(CCc1nnn(C)n1)C1CC1. The molecule has 0 spiro atoms. The molecule has 1 atom stereocenters. The smallest absolute Gasteiger partial charge is 0.174 e. The molecule has 1 aromatic heterocycles. The number of aromatic nitrogens is 4. The van der Waals surface area contributed by atoms with Crippen molar-refractivity contribution in [3.63, 3.8) is 0 Å². The summed E-state index contributed by atoms with van der Waals surface area (Å²) in [6.07, 6.45) is 6.04. The van der Waals surface area contributed by atoms with Crippen LogP contribution in [0.25, 0.3) is 0 Å². The second kappa shape index (κ2) is 5.39. The van der Waals surface area contributed by atoms with Crippen molar-refractivity contribution in [1.29, 1.82) is 0 Å². The lowest BCUT2D eigenvalue weighted by atomic mass is 10.1. The summed E-state index contributed by atoms with van der Waals surface area (Å²) in [5.74, 6) is 1.76. The Morgan fingerprint density at radius 1 is 1.50 bits per heavy atom. The van der Waals surface area contributed by atoms with Crippen molar-refractivity contribution in [3.05, 3.63) is 5.82 Å². The van der Waals surface area contributed by atoms with Gasteiger partial charge in [-0.05, 0) is 43.4 Å². The summed E-state index contributed by atoms with van der Waals surface area (Å²) in [5, 5.41) is 15.7. The average molecular weight is 223 g/mol. The maximum Gasteiger partial charge on any atom is 0.174 e. The number of hydrogen-bond acceptors (Lipinski definition) is 4. The molecule has 1 saturated carbocycles. The molecule has 1 heterocycles. The summed E-state index contributed by atoms with van der Waals surface area (Å²) in [4.78, 5) is 1.53. The lowest BCUT2D eigenvalue weighted by molar-refractivity contribution is 0.432. The van der Waals surface area contributed by atoms with E-state index in [2.05, 4.69) is 27.7 Å². The number of aryl methyl sites for hydroxylation is 2. The van der Waals surface area contributed by atoms with Crippen LogP contribution in [0.4, 0.5) is 0 Å². The number of nitrogens with zero attached hydrogens (tertiary/aromatic N) is 4. The Morgan fingerprint density at radius 2 is 2.31 bits per heavy atom. The molecule has 16 heavy (non-hydrogen) atoms. The Labute approximate surface area is 96.6 Å². The molecular weight excluding hydrogens is 202 g/mol. The Bertz CT molecular complexity index is 318. The first-order chi connectivity index (χ1) is 7.79. The monoisotopic (exact) mass is 223 g/mol. The van der Waals surface area contributed by atoms with Gasteiger partial charge in [0, 0.05) is 12.5 Å². The molecule has 0 saturated heterocycles. The Hall–Kier alpha value is -0.970. The summed E-state index contributed by atoms with van der Waals surface area (Å²) < 4.78 is 0. The minimum atomic E-state index is 0.656. The predicted octanol–water partition coefficient (Wildman–Crippen LogP) is 0.921. The second-order valence-corrected chi connectivity index (χ2v) is 4.63. The zero-order valence-corrected chi connectivity index (χ0v) is 10.2. The molecule has 1 N–H and O–H groups in total. The molecule has 1 unspecified atom stereocenters. The van der Waals surface area contributed by atoms with Crippen LogP contribution in [0.3, 0.4) is 0 Å².